The summed E-state index contributed by atoms with van der Waals surface area (Å²) in [6.45, 7) is 7.36. The highest BCUT2D eigenvalue weighted by atomic mass is 16.2. The van der Waals surface area contributed by atoms with Crippen LogP contribution in [0.5, 0.6) is 0 Å². The van der Waals surface area contributed by atoms with E-state index in [2.05, 4.69) is 22.7 Å². The largest absolute Gasteiger partial charge is 0.334 e. The lowest BCUT2D eigenvalue weighted by Crippen LogP contribution is -2.28. The molecule has 2 N–H and O–H groups in total. The van der Waals surface area contributed by atoms with Gasteiger partial charge in [-0.2, -0.15) is 5.10 Å². The number of nitrogens with zero attached hydrogens (tertiary/aromatic N) is 2. The number of carbonyl (C=O) groups excluding carboxylic acids is 1. The number of benzene rings is 1. The van der Waals surface area contributed by atoms with Crippen molar-refractivity contribution in [3.63, 3.8) is 0 Å². The summed E-state index contributed by atoms with van der Waals surface area (Å²) < 4.78 is 1.95. The third-order valence-electron chi connectivity index (χ3n) is 3.29. The van der Waals surface area contributed by atoms with Crippen molar-refractivity contribution in [1.82, 2.24) is 15.1 Å². The van der Waals surface area contributed by atoms with Gasteiger partial charge in [-0.1, -0.05) is 18.2 Å². The normalized spacial score (nSPS) is 10.3. The van der Waals surface area contributed by atoms with E-state index in [4.69, 9.17) is 0 Å². The van der Waals surface area contributed by atoms with Gasteiger partial charge >= 0.3 is 6.03 Å². The molecule has 5 heteroatoms. The average Bonchev–Trinajstić information content (AvgIpc) is 2.72. The summed E-state index contributed by atoms with van der Waals surface area (Å²) in [6, 6.07) is 9.18. The quantitative estimate of drug-likeness (QED) is 0.899. The van der Waals surface area contributed by atoms with Crippen LogP contribution < -0.4 is 10.6 Å². The number of nitrogens with one attached hydrogen (secondary N) is 2. The second kappa shape index (κ2) is 6.23. The van der Waals surface area contributed by atoms with Crippen molar-refractivity contribution in [2.75, 3.05) is 5.32 Å². The molecular weight excluding hydrogens is 252 g/mol. The van der Waals surface area contributed by atoms with Crippen molar-refractivity contribution in [3.05, 3.63) is 47.3 Å². The highest BCUT2D eigenvalue weighted by Gasteiger charge is 2.11. The van der Waals surface area contributed by atoms with Crippen LogP contribution in [0.2, 0.25) is 0 Å². The van der Waals surface area contributed by atoms with Crippen molar-refractivity contribution < 1.29 is 4.79 Å². The number of aryl methyl sites for hydroxylation is 2. The molecule has 1 aromatic heterocycles. The van der Waals surface area contributed by atoms with Crippen molar-refractivity contribution in [3.8, 4) is 0 Å². The van der Waals surface area contributed by atoms with Gasteiger partial charge < -0.3 is 10.6 Å². The Morgan fingerprint density at radius 1 is 1.25 bits per heavy atom. The van der Waals surface area contributed by atoms with Crippen LogP contribution in [0.15, 0.2) is 30.3 Å². The Bertz CT molecular complexity index is 589. The molecule has 0 fully saturated rings. The predicted octanol–water partition coefficient (Wildman–Crippen LogP) is 2.84. The third kappa shape index (κ3) is 3.17. The molecule has 2 amide bonds. The number of rotatable bonds is 4. The van der Waals surface area contributed by atoms with Gasteiger partial charge in [-0.05, 0) is 32.9 Å². The Labute approximate surface area is 119 Å². The lowest BCUT2D eigenvalue weighted by atomic mass is 10.2. The van der Waals surface area contributed by atoms with Gasteiger partial charge in [0.15, 0.2) is 0 Å². The number of anilines is 1. The molecule has 106 valence electrons. The molecular formula is C15H20N4O. The average molecular weight is 272 g/mol. The number of aromatic nitrogens is 2. The SMILES string of the molecule is CCn1nc(C)c(CNC(=O)Nc2ccccc2)c1C. The van der Waals surface area contributed by atoms with Crippen molar-refractivity contribution in [2.24, 2.45) is 0 Å². The Kier molecular flexibility index (Phi) is 4.40. The lowest BCUT2D eigenvalue weighted by Gasteiger charge is -2.08. The number of hydrogen-bond acceptors (Lipinski definition) is 2. The molecule has 5 nitrogen and oxygen atoms in total. The Morgan fingerprint density at radius 2 is 1.95 bits per heavy atom. The van der Waals surface area contributed by atoms with E-state index in [-0.39, 0.29) is 6.03 Å². The van der Waals surface area contributed by atoms with E-state index in [0.717, 1.165) is 29.2 Å². The van der Waals surface area contributed by atoms with Crippen LogP contribution in [0, 0.1) is 13.8 Å². The molecule has 0 spiro atoms. The molecule has 0 bridgehead atoms. The second-order valence-corrected chi connectivity index (χ2v) is 4.64. The van der Waals surface area contributed by atoms with Crippen LogP contribution in [-0.4, -0.2) is 15.8 Å². The molecule has 1 heterocycles. The molecule has 0 atom stereocenters. The Hall–Kier alpha value is -2.30. The maximum atomic E-state index is 11.8. The van der Waals surface area contributed by atoms with Gasteiger partial charge in [0.05, 0.1) is 5.69 Å². The smallest absolute Gasteiger partial charge is 0.319 e. The van der Waals surface area contributed by atoms with Gasteiger partial charge in [0.25, 0.3) is 0 Å². The van der Waals surface area contributed by atoms with Gasteiger partial charge in [0.2, 0.25) is 0 Å². The standard InChI is InChI=1S/C15H20N4O/c1-4-19-12(3)14(11(2)18-19)10-16-15(20)17-13-8-6-5-7-9-13/h5-9H,4,10H2,1-3H3,(H2,16,17,20). The van der Waals surface area contributed by atoms with Gasteiger partial charge in [-0.3, -0.25) is 4.68 Å². The Morgan fingerprint density at radius 3 is 2.55 bits per heavy atom. The number of carbonyl (C=O) groups is 1. The fourth-order valence-corrected chi connectivity index (χ4v) is 2.16. The number of urea groups is 1. The molecule has 0 aliphatic heterocycles. The summed E-state index contributed by atoms with van der Waals surface area (Å²) >= 11 is 0. The summed E-state index contributed by atoms with van der Waals surface area (Å²) in [5.74, 6) is 0. The zero-order valence-electron chi connectivity index (χ0n) is 12.1. The molecule has 20 heavy (non-hydrogen) atoms. The van der Waals surface area contributed by atoms with Crippen LogP contribution in [-0.2, 0) is 13.1 Å². The summed E-state index contributed by atoms with van der Waals surface area (Å²) in [7, 11) is 0. The van der Waals surface area contributed by atoms with E-state index in [1.54, 1.807) is 0 Å². The molecule has 0 unspecified atom stereocenters. The molecule has 2 aromatic rings. The molecule has 0 aliphatic carbocycles. The maximum absolute atomic E-state index is 11.8. The molecule has 0 aliphatic rings. The van der Waals surface area contributed by atoms with Gasteiger partial charge in [-0.25, -0.2) is 4.79 Å². The first-order valence-corrected chi connectivity index (χ1v) is 6.74. The van der Waals surface area contributed by atoms with Gasteiger partial charge in [-0.15, -0.1) is 0 Å². The van der Waals surface area contributed by atoms with E-state index in [9.17, 15) is 4.79 Å². The first kappa shape index (κ1) is 14.1. The van der Waals surface area contributed by atoms with Crippen LogP contribution >= 0.6 is 0 Å². The van der Waals surface area contributed by atoms with E-state index in [0.29, 0.717) is 6.54 Å². The molecule has 0 saturated carbocycles. The minimum Gasteiger partial charge on any atom is -0.334 e. The topological polar surface area (TPSA) is 59.0 Å². The first-order valence-electron chi connectivity index (χ1n) is 6.74. The molecule has 0 radical (unpaired) electrons. The van der Waals surface area contributed by atoms with E-state index in [1.807, 2.05) is 48.9 Å². The van der Waals surface area contributed by atoms with Crippen LogP contribution in [0.25, 0.3) is 0 Å². The number of amides is 2. The van der Waals surface area contributed by atoms with Gasteiger partial charge in [0, 0.05) is 30.0 Å². The van der Waals surface area contributed by atoms with Gasteiger partial charge in [0.1, 0.15) is 0 Å². The predicted molar refractivity (Wildman–Crippen MR) is 79.7 cm³/mol. The van der Waals surface area contributed by atoms with Crippen LogP contribution in [0.1, 0.15) is 23.9 Å². The van der Waals surface area contributed by atoms with Crippen molar-refractivity contribution in [1.29, 1.82) is 0 Å². The minimum atomic E-state index is -0.209. The van der Waals surface area contributed by atoms with E-state index < -0.39 is 0 Å². The van der Waals surface area contributed by atoms with E-state index in [1.165, 1.54) is 0 Å². The zero-order chi connectivity index (χ0) is 14.5. The van der Waals surface area contributed by atoms with E-state index >= 15 is 0 Å². The number of para-hydroxylation sites is 1. The highest BCUT2D eigenvalue weighted by Crippen LogP contribution is 2.12. The molecule has 0 saturated heterocycles. The zero-order valence-corrected chi connectivity index (χ0v) is 12.1. The fourth-order valence-electron chi connectivity index (χ4n) is 2.16. The summed E-state index contributed by atoms with van der Waals surface area (Å²) in [5, 5.41) is 10.1. The molecule has 2 rings (SSSR count). The summed E-state index contributed by atoms with van der Waals surface area (Å²) in [4.78, 5) is 11.8. The summed E-state index contributed by atoms with van der Waals surface area (Å²) in [5.41, 5.74) is 3.92. The Balaban J connectivity index is 1.95. The summed E-state index contributed by atoms with van der Waals surface area (Å²) in [6.07, 6.45) is 0. The van der Waals surface area contributed by atoms with Crippen LogP contribution in [0.4, 0.5) is 10.5 Å². The first-order chi connectivity index (χ1) is 9.61. The monoisotopic (exact) mass is 272 g/mol. The number of hydrogen-bond donors (Lipinski definition) is 2. The van der Waals surface area contributed by atoms with Crippen LogP contribution in [0.3, 0.4) is 0 Å². The van der Waals surface area contributed by atoms with Crippen molar-refractivity contribution >= 4 is 11.7 Å². The maximum Gasteiger partial charge on any atom is 0.319 e. The van der Waals surface area contributed by atoms with Crippen molar-refractivity contribution in [2.45, 2.75) is 33.9 Å². The lowest BCUT2D eigenvalue weighted by molar-refractivity contribution is 0.251. The molecule has 1 aromatic carbocycles. The highest BCUT2D eigenvalue weighted by molar-refractivity contribution is 5.89. The fraction of sp³-hybridized carbons (Fsp3) is 0.333. The minimum absolute atomic E-state index is 0.209. The second-order valence-electron chi connectivity index (χ2n) is 4.64. The third-order valence-corrected chi connectivity index (χ3v) is 3.29.